The second-order valence-corrected chi connectivity index (χ2v) is 5.76. The van der Waals surface area contributed by atoms with Gasteiger partial charge in [-0.15, -0.1) is 0 Å². The van der Waals surface area contributed by atoms with Crippen LogP contribution in [0.3, 0.4) is 0 Å². The van der Waals surface area contributed by atoms with Crippen LogP contribution < -0.4 is 10.2 Å². The highest BCUT2D eigenvalue weighted by Gasteiger charge is 2.16. The zero-order valence-corrected chi connectivity index (χ0v) is 12.7. The van der Waals surface area contributed by atoms with Crippen LogP contribution in [0.2, 0.25) is 0 Å². The summed E-state index contributed by atoms with van der Waals surface area (Å²) in [5, 5.41) is 3.38. The zero-order valence-electron chi connectivity index (χ0n) is 12.7. The maximum atomic E-state index is 4.53. The van der Waals surface area contributed by atoms with Gasteiger partial charge in [-0.25, -0.2) is 0 Å². The topological polar surface area (TPSA) is 27.6 Å². The third-order valence-corrected chi connectivity index (χ3v) is 3.81. The molecule has 1 N–H and O–H groups in total. The number of hydrogen-bond donors (Lipinski definition) is 1. The van der Waals surface area contributed by atoms with Crippen molar-refractivity contribution in [1.29, 1.82) is 0 Å². The molecule has 0 bridgehead atoms. The highest BCUT2D eigenvalue weighted by Crippen LogP contribution is 2.30. The summed E-state index contributed by atoms with van der Waals surface area (Å²) in [7, 11) is 4.22. The average Bonchev–Trinajstić information content (AvgIpc) is 2.83. The first-order chi connectivity index (χ1) is 9.00. The van der Waals surface area contributed by atoms with Crippen molar-refractivity contribution in [3.63, 3.8) is 0 Å². The molecule has 1 aromatic rings. The third kappa shape index (κ3) is 2.91. The lowest BCUT2D eigenvalue weighted by molar-refractivity contribution is 0.850. The molecule has 1 aliphatic heterocycles. The van der Waals surface area contributed by atoms with Gasteiger partial charge in [-0.05, 0) is 35.6 Å². The monoisotopic (exact) mass is 259 g/mol. The van der Waals surface area contributed by atoms with Crippen LogP contribution in [-0.2, 0) is 6.42 Å². The second kappa shape index (κ2) is 5.64. The molecular formula is C16H25N3. The minimum absolute atomic E-state index is 0.563. The molecule has 0 atom stereocenters. The molecule has 0 saturated carbocycles. The number of nitrogens with one attached hydrogen (secondary N) is 1. The van der Waals surface area contributed by atoms with Gasteiger partial charge in [-0.3, -0.25) is 4.99 Å². The number of aliphatic imine (C=N–C) groups is 1. The summed E-state index contributed by atoms with van der Waals surface area (Å²) in [6.07, 6.45) is 0.917. The van der Waals surface area contributed by atoms with E-state index in [0.717, 1.165) is 25.3 Å². The largest absolute Gasteiger partial charge is 0.377 e. The Morgan fingerprint density at radius 2 is 2.05 bits per heavy atom. The van der Waals surface area contributed by atoms with Gasteiger partial charge in [0.15, 0.2) is 0 Å². The Morgan fingerprint density at radius 1 is 1.32 bits per heavy atom. The summed E-state index contributed by atoms with van der Waals surface area (Å²) in [6.45, 7) is 8.65. The Labute approximate surface area is 116 Å². The molecule has 0 saturated heterocycles. The van der Waals surface area contributed by atoms with E-state index in [4.69, 9.17) is 0 Å². The molecule has 0 unspecified atom stereocenters. The molecule has 19 heavy (non-hydrogen) atoms. The van der Waals surface area contributed by atoms with Crippen molar-refractivity contribution in [2.75, 3.05) is 32.1 Å². The number of nitrogens with zero attached hydrogens (tertiary/aromatic N) is 2. The molecule has 0 amide bonds. The second-order valence-electron chi connectivity index (χ2n) is 5.76. The Bertz CT molecular complexity index is 487. The van der Waals surface area contributed by atoms with Crippen molar-refractivity contribution in [2.24, 2.45) is 4.99 Å². The van der Waals surface area contributed by atoms with Gasteiger partial charge in [0.05, 0.1) is 6.54 Å². The van der Waals surface area contributed by atoms with Crippen molar-refractivity contribution in [1.82, 2.24) is 5.32 Å². The summed E-state index contributed by atoms with van der Waals surface area (Å²) in [5.74, 6) is 1.69. The van der Waals surface area contributed by atoms with Crippen molar-refractivity contribution >= 4 is 11.5 Å². The Morgan fingerprint density at radius 3 is 2.58 bits per heavy atom. The molecule has 0 aliphatic carbocycles. The summed E-state index contributed by atoms with van der Waals surface area (Å²) in [5.41, 5.74) is 5.57. The van der Waals surface area contributed by atoms with Crippen molar-refractivity contribution in [2.45, 2.75) is 33.1 Å². The van der Waals surface area contributed by atoms with E-state index in [2.05, 4.69) is 62.2 Å². The molecule has 1 aliphatic rings. The standard InChI is InChI=1S/C16H25N3/c1-11(2)13-6-7-15(19(4)5)14(12(13)3)10-16-17-8-9-18-16/h6-7,11H,8-10H2,1-5H3,(H,17,18). The Hall–Kier alpha value is -1.51. The highest BCUT2D eigenvalue weighted by molar-refractivity contribution is 5.87. The average molecular weight is 259 g/mol. The van der Waals surface area contributed by atoms with Crippen LogP contribution in [0.4, 0.5) is 5.69 Å². The van der Waals surface area contributed by atoms with Gasteiger partial charge in [0.2, 0.25) is 0 Å². The van der Waals surface area contributed by atoms with E-state index < -0.39 is 0 Å². The summed E-state index contributed by atoms with van der Waals surface area (Å²) < 4.78 is 0. The van der Waals surface area contributed by atoms with Crippen LogP contribution in [0.25, 0.3) is 0 Å². The van der Waals surface area contributed by atoms with Gasteiger partial charge in [0.1, 0.15) is 5.84 Å². The lowest BCUT2D eigenvalue weighted by atomic mass is 9.91. The zero-order chi connectivity index (χ0) is 14.0. The van der Waals surface area contributed by atoms with Crippen LogP contribution >= 0.6 is 0 Å². The third-order valence-electron chi connectivity index (χ3n) is 3.81. The van der Waals surface area contributed by atoms with Crippen LogP contribution in [0.1, 0.15) is 36.5 Å². The summed E-state index contributed by atoms with van der Waals surface area (Å²) >= 11 is 0. The van der Waals surface area contributed by atoms with Crippen LogP contribution in [0, 0.1) is 6.92 Å². The van der Waals surface area contributed by atoms with Gasteiger partial charge in [-0.2, -0.15) is 0 Å². The smallest absolute Gasteiger partial charge is 0.101 e. The fourth-order valence-corrected chi connectivity index (χ4v) is 2.76. The molecule has 0 fully saturated rings. The molecule has 0 aromatic heterocycles. The predicted molar refractivity (Wildman–Crippen MR) is 83.6 cm³/mol. The molecular weight excluding hydrogens is 234 g/mol. The van der Waals surface area contributed by atoms with Crippen LogP contribution in [0.15, 0.2) is 17.1 Å². The quantitative estimate of drug-likeness (QED) is 0.900. The molecule has 0 radical (unpaired) electrons. The number of hydrogen-bond acceptors (Lipinski definition) is 3. The predicted octanol–water partition coefficient (Wildman–Crippen LogP) is 2.73. The Kier molecular flexibility index (Phi) is 4.13. The first-order valence-corrected chi connectivity index (χ1v) is 7.07. The lowest BCUT2D eigenvalue weighted by Crippen LogP contribution is -2.23. The van der Waals surface area contributed by atoms with Crippen molar-refractivity contribution < 1.29 is 0 Å². The number of benzene rings is 1. The van der Waals surface area contributed by atoms with Crippen LogP contribution in [-0.4, -0.2) is 33.0 Å². The van der Waals surface area contributed by atoms with Gasteiger partial charge in [-0.1, -0.05) is 19.9 Å². The van der Waals surface area contributed by atoms with Crippen LogP contribution in [0.5, 0.6) is 0 Å². The SMILES string of the molecule is Cc1c(C(C)C)ccc(N(C)C)c1CC1=NCCN1. The van der Waals surface area contributed by atoms with E-state index in [9.17, 15) is 0 Å². The Balaban J connectivity index is 2.43. The number of amidine groups is 1. The normalized spacial score (nSPS) is 14.5. The summed E-state index contributed by atoms with van der Waals surface area (Å²) in [6, 6.07) is 4.51. The van der Waals surface area contributed by atoms with E-state index in [-0.39, 0.29) is 0 Å². The van der Waals surface area contributed by atoms with E-state index in [0.29, 0.717) is 5.92 Å². The molecule has 2 rings (SSSR count). The molecule has 104 valence electrons. The fourth-order valence-electron chi connectivity index (χ4n) is 2.76. The first-order valence-electron chi connectivity index (χ1n) is 7.07. The molecule has 3 nitrogen and oxygen atoms in total. The van der Waals surface area contributed by atoms with Gasteiger partial charge in [0, 0.05) is 32.7 Å². The van der Waals surface area contributed by atoms with E-state index >= 15 is 0 Å². The lowest BCUT2D eigenvalue weighted by Gasteiger charge is -2.23. The molecule has 1 heterocycles. The maximum Gasteiger partial charge on any atom is 0.101 e. The van der Waals surface area contributed by atoms with Gasteiger partial charge in [0.25, 0.3) is 0 Å². The van der Waals surface area contributed by atoms with Crippen molar-refractivity contribution in [3.05, 3.63) is 28.8 Å². The van der Waals surface area contributed by atoms with Gasteiger partial charge < -0.3 is 10.2 Å². The molecule has 0 spiro atoms. The highest BCUT2D eigenvalue weighted by atomic mass is 15.1. The number of anilines is 1. The van der Waals surface area contributed by atoms with Gasteiger partial charge >= 0.3 is 0 Å². The molecule has 1 aromatic carbocycles. The van der Waals surface area contributed by atoms with E-state index in [1.807, 2.05) is 0 Å². The van der Waals surface area contributed by atoms with E-state index in [1.54, 1.807) is 0 Å². The first kappa shape index (κ1) is 13.9. The van der Waals surface area contributed by atoms with Crippen molar-refractivity contribution in [3.8, 4) is 0 Å². The minimum Gasteiger partial charge on any atom is -0.377 e. The number of rotatable bonds is 4. The van der Waals surface area contributed by atoms with E-state index in [1.165, 1.54) is 22.4 Å². The minimum atomic E-state index is 0.563. The fraction of sp³-hybridized carbons (Fsp3) is 0.562. The maximum absolute atomic E-state index is 4.53. The molecule has 3 heteroatoms. The summed E-state index contributed by atoms with van der Waals surface area (Å²) in [4.78, 5) is 6.73.